The number of rotatable bonds is 7. The van der Waals surface area contributed by atoms with Crippen LogP contribution in [0.2, 0.25) is 0 Å². The van der Waals surface area contributed by atoms with Crippen LogP contribution in [0.5, 0.6) is 0 Å². The number of aliphatic carboxylic acids is 1. The molecule has 2 aliphatic heterocycles. The minimum atomic E-state index is -1.33. The van der Waals surface area contributed by atoms with E-state index in [1.807, 2.05) is 0 Å². The van der Waals surface area contributed by atoms with E-state index in [9.17, 15) is 29.5 Å². The Morgan fingerprint density at radius 2 is 2.10 bits per heavy atom. The molecule has 0 radical (unpaired) electrons. The monoisotopic (exact) mass is 448 g/mol. The molecule has 1 aromatic carbocycles. The quantitative estimate of drug-likeness (QED) is 0.234. The number of β-lactam (4-membered cyclic amide) rings is 1. The highest BCUT2D eigenvalue weighted by atomic mass is 32.2. The number of hydrogen-bond donors (Lipinski definition) is 3. The molecule has 1 aromatic rings. The topological polar surface area (TPSA) is 160 Å². The zero-order valence-corrected chi connectivity index (χ0v) is 17.0. The van der Waals surface area contributed by atoms with E-state index in [4.69, 9.17) is 9.94 Å². The van der Waals surface area contributed by atoms with Gasteiger partial charge < -0.3 is 25.6 Å². The zero-order valence-electron chi connectivity index (χ0n) is 16.2. The number of ether oxygens (including phenoxy) is 1. The van der Waals surface area contributed by atoms with Crippen molar-refractivity contribution in [3.8, 4) is 0 Å². The molecule has 2 heterocycles. The van der Waals surface area contributed by atoms with Gasteiger partial charge in [-0.3, -0.25) is 24.5 Å². The summed E-state index contributed by atoms with van der Waals surface area (Å²) in [5.41, 5.74) is 0.278. The predicted molar refractivity (Wildman–Crippen MR) is 109 cm³/mol. The van der Waals surface area contributed by atoms with Gasteiger partial charge in [-0.15, -0.1) is 11.8 Å². The number of carboxylic acids is 1. The standard InChI is InChI=1S/C19H18N3O8S/c1-10(23)30-8-12-9-31-18-15(17(25)21(18)16(12)19(26)27)20-14(24)7-6-11-4-2-3-5-13(11)22(28)29/h2-7,15,18,28H,8-9H2,1H3,(H,20,24)(H,26,27)/q-1. The van der Waals surface area contributed by atoms with Crippen LogP contribution in [0, 0.1) is 5.21 Å². The number of amides is 2. The molecular formula is C19H18N3O8S-. The molecule has 31 heavy (non-hydrogen) atoms. The lowest BCUT2D eigenvalue weighted by Gasteiger charge is -2.49. The van der Waals surface area contributed by atoms with Crippen LogP contribution in [0.4, 0.5) is 5.69 Å². The Morgan fingerprint density at radius 1 is 1.39 bits per heavy atom. The molecular weight excluding hydrogens is 430 g/mol. The van der Waals surface area contributed by atoms with Crippen molar-refractivity contribution < 1.29 is 34.2 Å². The van der Waals surface area contributed by atoms with Gasteiger partial charge in [-0.2, -0.15) is 0 Å². The fraction of sp³-hybridized carbons (Fsp3) is 0.263. The van der Waals surface area contributed by atoms with Crippen molar-refractivity contribution in [1.82, 2.24) is 10.2 Å². The van der Waals surface area contributed by atoms with Gasteiger partial charge in [0, 0.05) is 24.3 Å². The highest BCUT2D eigenvalue weighted by molar-refractivity contribution is 8.00. The van der Waals surface area contributed by atoms with Crippen LogP contribution >= 0.6 is 11.8 Å². The van der Waals surface area contributed by atoms with E-state index in [0.29, 0.717) is 5.57 Å². The van der Waals surface area contributed by atoms with Gasteiger partial charge in [0.1, 0.15) is 23.7 Å². The molecule has 2 aliphatic rings. The van der Waals surface area contributed by atoms with Crippen molar-refractivity contribution in [2.45, 2.75) is 18.3 Å². The SMILES string of the molecule is CC(=O)OCC1=C(C(=O)O)N2C(=O)C(NC(=O)C=Cc3ccccc3N([O-])O)C2SC1. The maximum atomic E-state index is 12.5. The maximum absolute atomic E-state index is 12.5. The van der Waals surface area contributed by atoms with Crippen molar-refractivity contribution in [2.75, 3.05) is 17.6 Å². The summed E-state index contributed by atoms with van der Waals surface area (Å²) in [5.74, 6) is -2.91. The number of nitrogens with zero attached hydrogens (tertiary/aromatic N) is 2. The third-order valence-corrected chi connectivity index (χ3v) is 5.89. The predicted octanol–water partition coefficient (Wildman–Crippen LogP) is 0.695. The number of carbonyl (C=O) groups excluding carboxylic acids is 3. The average molecular weight is 448 g/mol. The Bertz CT molecular complexity index is 990. The van der Waals surface area contributed by atoms with Crippen LogP contribution in [0.3, 0.4) is 0 Å². The second-order valence-corrected chi connectivity index (χ2v) is 7.70. The van der Waals surface area contributed by atoms with Crippen LogP contribution in [-0.4, -0.2) is 62.7 Å². The molecule has 1 fully saturated rings. The average Bonchev–Trinajstić information content (AvgIpc) is 2.73. The van der Waals surface area contributed by atoms with Crippen LogP contribution in [0.1, 0.15) is 12.5 Å². The summed E-state index contributed by atoms with van der Waals surface area (Å²) >= 11 is 1.24. The van der Waals surface area contributed by atoms with Crippen molar-refractivity contribution in [2.24, 2.45) is 0 Å². The molecule has 2 atom stereocenters. The number of carboxylic acid groups (broad SMARTS) is 1. The summed E-state index contributed by atoms with van der Waals surface area (Å²) < 4.78 is 4.86. The molecule has 3 N–H and O–H groups in total. The number of fused-ring (bicyclic) bond motifs is 1. The van der Waals surface area contributed by atoms with Crippen LogP contribution in [0.15, 0.2) is 41.6 Å². The number of thioether (sulfide) groups is 1. The number of para-hydroxylation sites is 1. The summed E-state index contributed by atoms with van der Waals surface area (Å²) in [7, 11) is 0. The summed E-state index contributed by atoms with van der Waals surface area (Å²) in [6.07, 6.45) is 2.41. The Morgan fingerprint density at radius 3 is 2.74 bits per heavy atom. The number of esters is 1. The highest BCUT2D eigenvalue weighted by Crippen LogP contribution is 2.40. The molecule has 11 nitrogen and oxygen atoms in total. The van der Waals surface area contributed by atoms with Crippen LogP contribution in [-0.2, 0) is 23.9 Å². The van der Waals surface area contributed by atoms with E-state index in [1.54, 1.807) is 12.1 Å². The molecule has 0 bridgehead atoms. The molecule has 3 rings (SSSR count). The van der Waals surface area contributed by atoms with E-state index in [1.165, 1.54) is 36.9 Å². The van der Waals surface area contributed by atoms with Gasteiger partial charge in [0.15, 0.2) is 0 Å². The molecule has 2 amide bonds. The number of benzene rings is 1. The van der Waals surface area contributed by atoms with Gasteiger partial charge in [-0.25, -0.2) is 4.79 Å². The minimum absolute atomic E-state index is 0.0585. The Kier molecular flexibility index (Phi) is 6.63. The molecule has 0 aliphatic carbocycles. The van der Waals surface area contributed by atoms with Gasteiger partial charge in [-0.1, -0.05) is 18.2 Å². The molecule has 0 aromatic heterocycles. The lowest BCUT2D eigenvalue weighted by atomic mass is 10.0. The summed E-state index contributed by atoms with van der Waals surface area (Å²) in [5, 5.41) is 31.3. The van der Waals surface area contributed by atoms with E-state index < -0.39 is 35.2 Å². The molecule has 0 saturated carbocycles. The highest BCUT2D eigenvalue weighted by Gasteiger charge is 2.54. The number of anilines is 1. The third-order valence-electron chi connectivity index (χ3n) is 4.55. The smallest absolute Gasteiger partial charge is 0.352 e. The van der Waals surface area contributed by atoms with E-state index in [2.05, 4.69) is 5.32 Å². The molecule has 164 valence electrons. The summed E-state index contributed by atoms with van der Waals surface area (Å²) in [6, 6.07) is 5.10. The van der Waals surface area contributed by atoms with Crippen LogP contribution in [0.25, 0.3) is 6.08 Å². The van der Waals surface area contributed by atoms with Gasteiger partial charge >= 0.3 is 11.9 Å². The van der Waals surface area contributed by atoms with Gasteiger partial charge in [0.25, 0.3) is 5.91 Å². The van der Waals surface area contributed by atoms with Crippen molar-refractivity contribution in [3.63, 3.8) is 0 Å². The minimum Gasteiger partial charge on any atom is -0.733 e. The first-order valence-corrected chi connectivity index (χ1v) is 10.0. The van der Waals surface area contributed by atoms with Gasteiger partial charge in [0.2, 0.25) is 5.91 Å². The Hall–Kier alpha value is -3.35. The van der Waals surface area contributed by atoms with Crippen molar-refractivity contribution in [3.05, 3.63) is 52.4 Å². The summed E-state index contributed by atoms with van der Waals surface area (Å²) in [4.78, 5) is 48.6. The number of nitrogens with one attached hydrogen (secondary N) is 1. The number of carbonyl (C=O) groups is 4. The Labute approximate surface area is 180 Å². The lowest BCUT2D eigenvalue weighted by molar-refractivity contribution is -0.150. The van der Waals surface area contributed by atoms with E-state index >= 15 is 0 Å². The van der Waals surface area contributed by atoms with Crippen molar-refractivity contribution >= 4 is 47.3 Å². The number of hydrogen-bond acceptors (Lipinski definition) is 9. The molecule has 1 saturated heterocycles. The van der Waals surface area contributed by atoms with Crippen LogP contribution < -0.4 is 10.5 Å². The van der Waals surface area contributed by atoms with E-state index in [-0.39, 0.29) is 34.5 Å². The zero-order chi connectivity index (χ0) is 22.7. The van der Waals surface area contributed by atoms with E-state index in [0.717, 1.165) is 11.0 Å². The maximum Gasteiger partial charge on any atom is 0.352 e. The van der Waals surface area contributed by atoms with Crippen molar-refractivity contribution in [1.29, 1.82) is 0 Å². The molecule has 0 spiro atoms. The molecule has 2 unspecified atom stereocenters. The second-order valence-electron chi connectivity index (χ2n) is 6.60. The first kappa shape index (κ1) is 22.3. The normalized spacial score (nSPS) is 20.2. The third kappa shape index (κ3) is 4.71. The largest absolute Gasteiger partial charge is 0.733 e. The van der Waals surface area contributed by atoms with Gasteiger partial charge in [-0.05, 0) is 17.7 Å². The first-order chi connectivity index (χ1) is 14.7. The second kappa shape index (κ2) is 9.20. The summed E-state index contributed by atoms with van der Waals surface area (Å²) in [6.45, 7) is 0.961. The fourth-order valence-electron chi connectivity index (χ4n) is 3.15. The first-order valence-electron chi connectivity index (χ1n) is 8.97. The fourth-order valence-corrected chi connectivity index (χ4v) is 4.48. The van der Waals surface area contributed by atoms with Gasteiger partial charge in [0.05, 0.1) is 5.69 Å². The molecule has 12 heteroatoms. The Balaban J connectivity index is 1.69. The lowest BCUT2D eigenvalue weighted by Crippen LogP contribution is -2.70.